The maximum atomic E-state index is 5.84. The van der Waals surface area contributed by atoms with E-state index in [1.165, 1.54) is 5.56 Å². The second kappa shape index (κ2) is 4.03. The summed E-state index contributed by atoms with van der Waals surface area (Å²) in [5.74, 6) is 0. The lowest BCUT2D eigenvalue weighted by atomic mass is 9.87. The topological polar surface area (TPSA) is 26.0 Å². The van der Waals surface area contributed by atoms with Crippen molar-refractivity contribution in [3.05, 3.63) is 48.0 Å². The summed E-state index contributed by atoms with van der Waals surface area (Å²) in [5, 5.41) is 0. The smallest absolute Gasteiger partial charge is 0.0650 e. The van der Waals surface area contributed by atoms with Gasteiger partial charge in [-0.1, -0.05) is 65.1 Å². The minimum Gasteiger partial charge on any atom is -0.324 e. The molecular weight excluding hydrogens is 285 g/mol. The Balaban J connectivity index is 2.30. The Kier molecular flexibility index (Phi) is 2.93. The van der Waals surface area contributed by atoms with Crippen LogP contribution in [0.3, 0.4) is 0 Å². The highest BCUT2D eigenvalue weighted by molar-refractivity contribution is 14.1. The van der Waals surface area contributed by atoms with E-state index in [2.05, 4.69) is 65.1 Å². The van der Waals surface area contributed by atoms with Gasteiger partial charge in [0.2, 0.25) is 0 Å². The molecule has 74 valence electrons. The van der Waals surface area contributed by atoms with Crippen LogP contribution in [0, 0.1) is 0 Å². The van der Waals surface area contributed by atoms with Crippen LogP contribution >= 0.6 is 22.6 Å². The number of benzene rings is 1. The molecule has 2 heteroatoms. The molecule has 14 heavy (non-hydrogen) atoms. The van der Waals surface area contributed by atoms with Crippen molar-refractivity contribution in [2.45, 2.75) is 22.3 Å². The van der Waals surface area contributed by atoms with Gasteiger partial charge in [-0.3, -0.25) is 0 Å². The summed E-state index contributed by atoms with van der Waals surface area (Å²) in [4.78, 5) is 0. The zero-order valence-corrected chi connectivity index (χ0v) is 10.1. The lowest BCUT2D eigenvalue weighted by molar-refractivity contribution is 0.580. The normalized spacial score (nSPS) is 31.7. The summed E-state index contributed by atoms with van der Waals surface area (Å²) in [7, 11) is 0. The molecule has 2 N–H and O–H groups in total. The SMILES string of the molecule is NC1C=CC(I)(c2ccccc2)CC1. The molecule has 0 fully saturated rings. The van der Waals surface area contributed by atoms with Crippen molar-refractivity contribution in [3.8, 4) is 0 Å². The van der Waals surface area contributed by atoms with Crippen LogP contribution in [-0.2, 0) is 3.42 Å². The molecule has 2 atom stereocenters. The highest BCUT2D eigenvalue weighted by Crippen LogP contribution is 2.40. The average Bonchev–Trinajstić information content (AvgIpc) is 2.24. The molecule has 0 spiro atoms. The summed E-state index contributed by atoms with van der Waals surface area (Å²) in [5.41, 5.74) is 7.22. The average molecular weight is 299 g/mol. The van der Waals surface area contributed by atoms with Gasteiger partial charge in [0, 0.05) is 6.04 Å². The molecule has 0 saturated carbocycles. The monoisotopic (exact) mass is 299 g/mol. The van der Waals surface area contributed by atoms with E-state index in [0.717, 1.165) is 12.8 Å². The summed E-state index contributed by atoms with van der Waals surface area (Å²) in [6.07, 6.45) is 6.59. The first-order valence-electron chi connectivity index (χ1n) is 4.90. The van der Waals surface area contributed by atoms with Gasteiger partial charge in [0.1, 0.15) is 0 Å². The number of hydrogen-bond donors (Lipinski definition) is 1. The Hall–Kier alpha value is -0.350. The van der Waals surface area contributed by atoms with Crippen molar-refractivity contribution in [1.82, 2.24) is 0 Å². The van der Waals surface area contributed by atoms with Gasteiger partial charge >= 0.3 is 0 Å². The maximum Gasteiger partial charge on any atom is 0.0650 e. The zero-order valence-electron chi connectivity index (χ0n) is 7.99. The third-order valence-electron chi connectivity index (χ3n) is 2.70. The summed E-state index contributed by atoms with van der Waals surface area (Å²) < 4.78 is 0.162. The van der Waals surface area contributed by atoms with Crippen LogP contribution in [0.5, 0.6) is 0 Å². The van der Waals surface area contributed by atoms with Gasteiger partial charge in [0.25, 0.3) is 0 Å². The molecule has 1 aromatic rings. The zero-order chi connectivity index (χ0) is 10.0. The van der Waals surface area contributed by atoms with Crippen LogP contribution in [-0.4, -0.2) is 6.04 Å². The van der Waals surface area contributed by atoms with E-state index in [1.807, 2.05) is 0 Å². The van der Waals surface area contributed by atoms with Crippen molar-refractivity contribution < 1.29 is 0 Å². The first kappa shape index (κ1) is 10.2. The predicted octanol–water partition coefficient (Wildman–Crippen LogP) is 2.99. The first-order chi connectivity index (χ1) is 6.71. The van der Waals surface area contributed by atoms with E-state index in [9.17, 15) is 0 Å². The number of halogens is 1. The Morgan fingerprint density at radius 2 is 2.00 bits per heavy atom. The van der Waals surface area contributed by atoms with Gasteiger partial charge < -0.3 is 5.73 Å². The second-order valence-corrected chi connectivity index (χ2v) is 5.72. The van der Waals surface area contributed by atoms with Gasteiger partial charge in [0.05, 0.1) is 3.42 Å². The largest absolute Gasteiger partial charge is 0.324 e. The minimum absolute atomic E-state index is 0.162. The van der Waals surface area contributed by atoms with E-state index >= 15 is 0 Å². The maximum absolute atomic E-state index is 5.84. The van der Waals surface area contributed by atoms with Crippen LogP contribution in [0.2, 0.25) is 0 Å². The van der Waals surface area contributed by atoms with Crippen LogP contribution in [0.15, 0.2) is 42.5 Å². The molecule has 2 unspecified atom stereocenters. The van der Waals surface area contributed by atoms with E-state index in [0.29, 0.717) is 0 Å². The van der Waals surface area contributed by atoms with Gasteiger partial charge in [-0.05, 0) is 18.4 Å². The lowest BCUT2D eigenvalue weighted by Gasteiger charge is -2.29. The molecule has 0 heterocycles. The van der Waals surface area contributed by atoms with Crippen molar-refractivity contribution in [1.29, 1.82) is 0 Å². The quantitative estimate of drug-likeness (QED) is 0.481. The third kappa shape index (κ3) is 2.01. The van der Waals surface area contributed by atoms with Crippen LogP contribution in [0.25, 0.3) is 0 Å². The van der Waals surface area contributed by atoms with Gasteiger partial charge in [0.15, 0.2) is 0 Å². The molecule has 2 rings (SSSR count). The standard InChI is InChI=1S/C12H14IN/c13-12(8-6-11(14)7-9-12)10-4-2-1-3-5-10/h1-6,8,11H,7,9,14H2. The van der Waals surface area contributed by atoms with E-state index in [-0.39, 0.29) is 9.46 Å². The predicted molar refractivity (Wildman–Crippen MR) is 68.5 cm³/mol. The van der Waals surface area contributed by atoms with Crippen molar-refractivity contribution >= 4 is 22.6 Å². The summed E-state index contributed by atoms with van der Waals surface area (Å²) >= 11 is 2.52. The Morgan fingerprint density at radius 3 is 2.57 bits per heavy atom. The lowest BCUT2D eigenvalue weighted by Crippen LogP contribution is -2.27. The van der Waals surface area contributed by atoms with E-state index < -0.39 is 0 Å². The van der Waals surface area contributed by atoms with Crippen LogP contribution < -0.4 is 5.73 Å². The summed E-state index contributed by atoms with van der Waals surface area (Å²) in [6.45, 7) is 0. The van der Waals surface area contributed by atoms with Crippen molar-refractivity contribution in [3.63, 3.8) is 0 Å². The molecule has 0 radical (unpaired) electrons. The molecule has 0 saturated heterocycles. The molecule has 0 amide bonds. The highest BCUT2D eigenvalue weighted by Gasteiger charge is 2.28. The van der Waals surface area contributed by atoms with Gasteiger partial charge in [-0.15, -0.1) is 0 Å². The van der Waals surface area contributed by atoms with E-state index in [4.69, 9.17) is 5.73 Å². The van der Waals surface area contributed by atoms with E-state index in [1.54, 1.807) is 0 Å². The van der Waals surface area contributed by atoms with Crippen LogP contribution in [0.4, 0.5) is 0 Å². The molecule has 1 nitrogen and oxygen atoms in total. The molecular formula is C12H14IN. The fourth-order valence-corrected chi connectivity index (χ4v) is 2.67. The molecule has 1 aliphatic rings. The number of allylic oxidation sites excluding steroid dienone is 1. The van der Waals surface area contributed by atoms with Crippen molar-refractivity contribution in [2.75, 3.05) is 0 Å². The first-order valence-corrected chi connectivity index (χ1v) is 5.98. The fourth-order valence-electron chi connectivity index (χ4n) is 1.79. The number of rotatable bonds is 1. The number of nitrogens with two attached hydrogens (primary N) is 1. The third-order valence-corrected chi connectivity index (χ3v) is 4.22. The Labute approximate surface area is 98.5 Å². The molecule has 0 bridgehead atoms. The Morgan fingerprint density at radius 1 is 1.29 bits per heavy atom. The van der Waals surface area contributed by atoms with Crippen LogP contribution in [0.1, 0.15) is 18.4 Å². The minimum atomic E-state index is 0.162. The molecule has 0 aliphatic heterocycles. The highest BCUT2D eigenvalue weighted by atomic mass is 127. The summed E-state index contributed by atoms with van der Waals surface area (Å²) in [6, 6.07) is 10.9. The van der Waals surface area contributed by atoms with Gasteiger partial charge in [-0.25, -0.2) is 0 Å². The van der Waals surface area contributed by atoms with Crippen molar-refractivity contribution in [2.24, 2.45) is 5.73 Å². The molecule has 1 aromatic carbocycles. The molecule has 0 aromatic heterocycles. The van der Waals surface area contributed by atoms with Gasteiger partial charge in [-0.2, -0.15) is 0 Å². The number of alkyl halides is 1. The Bertz CT molecular complexity index is 333. The second-order valence-electron chi connectivity index (χ2n) is 3.79. The fraction of sp³-hybridized carbons (Fsp3) is 0.333. The molecule has 1 aliphatic carbocycles. The number of hydrogen-bond acceptors (Lipinski definition) is 1.